The van der Waals surface area contributed by atoms with Crippen LogP contribution in [0.25, 0.3) is 0 Å². The summed E-state index contributed by atoms with van der Waals surface area (Å²) in [5.74, 6) is 0.543. The first kappa shape index (κ1) is 17.2. The van der Waals surface area contributed by atoms with Crippen LogP contribution in [0.5, 0.6) is 0 Å². The van der Waals surface area contributed by atoms with E-state index in [9.17, 15) is 9.90 Å². The summed E-state index contributed by atoms with van der Waals surface area (Å²) in [5.41, 5.74) is 1.94. The van der Waals surface area contributed by atoms with Gasteiger partial charge in [0, 0.05) is 22.8 Å². The number of rotatable bonds is 3. The van der Waals surface area contributed by atoms with E-state index >= 15 is 0 Å². The molecule has 0 radical (unpaired) electrons. The number of aryl methyl sites for hydroxylation is 1. The van der Waals surface area contributed by atoms with E-state index in [4.69, 9.17) is 23.2 Å². The minimum atomic E-state index is -0.0878. The first-order chi connectivity index (χ1) is 11.4. The topological polar surface area (TPSA) is 61.6 Å². The summed E-state index contributed by atoms with van der Waals surface area (Å²) in [5, 5.41) is 10.3. The maximum absolute atomic E-state index is 12.7. The molecular formula is C16H18Cl2N4O2. The molecule has 0 unspecified atom stereocenters. The Balaban J connectivity index is 2.18. The van der Waals surface area contributed by atoms with Gasteiger partial charge in [0.25, 0.3) is 5.56 Å². The monoisotopic (exact) mass is 368 g/mol. The highest BCUT2D eigenvalue weighted by molar-refractivity contribution is 6.36. The fraction of sp³-hybridized carbons (Fsp3) is 0.375. The molecule has 0 spiro atoms. The Hall–Kier alpha value is -1.60. The van der Waals surface area contributed by atoms with Gasteiger partial charge in [-0.15, -0.1) is 0 Å². The van der Waals surface area contributed by atoms with E-state index in [-0.39, 0.29) is 12.2 Å². The van der Waals surface area contributed by atoms with E-state index in [1.165, 1.54) is 0 Å². The van der Waals surface area contributed by atoms with E-state index in [0.29, 0.717) is 52.8 Å². The Morgan fingerprint density at radius 1 is 1.25 bits per heavy atom. The van der Waals surface area contributed by atoms with Gasteiger partial charge in [-0.3, -0.25) is 19.2 Å². The zero-order valence-electron chi connectivity index (χ0n) is 13.5. The molecule has 2 aromatic rings. The molecule has 1 aliphatic rings. The molecule has 3 rings (SSSR count). The summed E-state index contributed by atoms with van der Waals surface area (Å²) < 4.78 is 1.60. The smallest absolute Gasteiger partial charge is 0.259 e. The van der Waals surface area contributed by atoms with Crippen molar-refractivity contribution in [1.29, 1.82) is 0 Å². The van der Waals surface area contributed by atoms with Gasteiger partial charge in [-0.05, 0) is 32.0 Å². The van der Waals surface area contributed by atoms with Crippen LogP contribution in [0, 0.1) is 13.8 Å². The van der Waals surface area contributed by atoms with E-state index in [0.717, 1.165) is 0 Å². The van der Waals surface area contributed by atoms with Crippen molar-refractivity contribution >= 4 is 34.8 Å². The quantitative estimate of drug-likeness (QED) is 0.901. The first-order valence-corrected chi connectivity index (χ1v) is 8.32. The van der Waals surface area contributed by atoms with Crippen molar-refractivity contribution in [3.63, 3.8) is 0 Å². The third-order valence-corrected chi connectivity index (χ3v) is 4.70. The van der Waals surface area contributed by atoms with Crippen molar-refractivity contribution in [2.75, 3.05) is 24.7 Å². The maximum Gasteiger partial charge on any atom is 0.259 e. The minimum Gasteiger partial charge on any atom is -0.395 e. The van der Waals surface area contributed by atoms with Crippen LogP contribution < -0.4 is 10.5 Å². The number of anilines is 2. The highest BCUT2D eigenvalue weighted by atomic mass is 35.5. The molecule has 0 saturated heterocycles. The first-order valence-electron chi connectivity index (χ1n) is 7.56. The van der Waals surface area contributed by atoms with Gasteiger partial charge < -0.3 is 5.11 Å². The molecule has 1 N–H and O–H groups in total. The van der Waals surface area contributed by atoms with Crippen molar-refractivity contribution in [3.05, 3.63) is 49.9 Å². The van der Waals surface area contributed by atoms with Crippen molar-refractivity contribution in [1.82, 2.24) is 14.5 Å². The van der Waals surface area contributed by atoms with Crippen LogP contribution in [0.3, 0.4) is 0 Å². The molecule has 24 heavy (non-hydrogen) atoms. The van der Waals surface area contributed by atoms with Gasteiger partial charge in [0.2, 0.25) is 5.95 Å². The number of hydrogen-bond donors (Lipinski definition) is 1. The SMILES string of the molecule is Cc1nc2n(c(=O)c1C)CN(CCO)CN2c1ccc(Cl)cc1Cl. The lowest BCUT2D eigenvalue weighted by Crippen LogP contribution is -2.48. The highest BCUT2D eigenvalue weighted by Crippen LogP contribution is 2.34. The van der Waals surface area contributed by atoms with Gasteiger partial charge in [-0.1, -0.05) is 23.2 Å². The molecule has 0 atom stereocenters. The Bertz CT molecular complexity index is 838. The predicted molar refractivity (Wildman–Crippen MR) is 95.2 cm³/mol. The molecule has 8 heteroatoms. The summed E-state index contributed by atoms with van der Waals surface area (Å²) in [6.07, 6.45) is 0. The van der Waals surface area contributed by atoms with Gasteiger partial charge in [0.15, 0.2) is 0 Å². The zero-order chi connectivity index (χ0) is 17.4. The van der Waals surface area contributed by atoms with Crippen molar-refractivity contribution in [3.8, 4) is 0 Å². The van der Waals surface area contributed by atoms with E-state index in [1.54, 1.807) is 29.7 Å². The van der Waals surface area contributed by atoms with Gasteiger partial charge in [0.05, 0.1) is 30.7 Å². The van der Waals surface area contributed by atoms with E-state index in [1.807, 2.05) is 16.7 Å². The Kier molecular flexibility index (Phi) is 4.83. The second-order valence-corrected chi connectivity index (χ2v) is 6.62. The maximum atomic E-state index is 12.7. The van der Waals surface area contributed by atoms with Crippen LogP contribution >= 0.6 is 23.2 Å². The summed E-state index contributed by atoms with van der Waals surface area (Å²) in [7, 11) is 0. The molecule has 1 aromatic heterocycles. The van der Waals surface area contributed by atoms with Crippen LogP contribution in [-0.4, -0.2) is 39.4 Å². The molecule has 0 saturated carbocycles. The van der Waals surface area contributed by atoms with Crippen LogP contribution in [0.15, 0.2) is 23.0 Å². The fourth-order valence-corrected chi connectivity index (χ4v) is 3.26. The lowest BCUT2D eigenvalue weighted by molar-refractivity contribution is 0.152. The summed E-state index contributed by atoms with van der Waals surface area (Å²) in [6.45, 7) is 4.88. The van der Waals surface area contributed by atoms with E-state index < -0.39 is 0 Å². The second-order valence-electron chi connectivity index (χ2n) is 5.78. The zero-order valence-corrected chi connectivity index (χ0v) is 15.0. The molecule has 0 aliphatic carbocycles. The molecule has 1 aliphatic heterocycles. The number of halogens is 2. The van der Waals surface area contributed by atoms with Gasteiger partial charge in [-0.2, -0.15) is 0 Å². The van der Waals surface area contributed by atoms with Crippen molar-refractivity contribution < 1.29 is 5.11 Å². The Morgan fingerprint density at radius 2 is 2.00 bits per heavy atom. The van der Waals surface area contributed by atoms with Crippen LogP contribution in [0.1, 0.15) is 11.3 Å². The third kappa shape index (κ3) is 3.02. The fourth-order valence-electron chi connectivity index (χ4n) is 2.75. The number of aliphatic hydroxyl groups is 1. The molecule has 128 valence electrons. The minimum absolute atomic E-state index is 0.00451. The lowest BCUT2D eigenvalue weighted by Gasteiger charge is -2.38. The number of benzene rings is 1. The van der Waals surface area contributed by atoms with Crippen molar-refractivity contribution in [2.24, 2.45) is 0 Å². The lowest BCUT2D eigenvalue weighted by atomic mass is 10.2. The highest BCUT2D eigenvalue weighted by Gasteiger charge is 2.28. The van der Waals surface area contributed by atoms with E-state index in [2.05, 4.69) is 4.98 Å². The standard InChI is InChI=1S/C16H18Cl2N4O2/c1-10-11(2)19-16-21(14-4-3-12(17)7-13(14)18)8-20(5-6-23)9-22(16)15(10)24/h3-4,7,23H,5-6,8-9H2,1-2H3. The van der Waals surface area contributed by atoms with Crippen LogP contribution in [-0.2, 0) is 6.67 Å². The molecule has 0 bridgehead atoms. The van der Waals surface area contributed by atoms with Gasteiger partial charge in [-0.25, -0.2) is 4.98 Å². The molecule has 6 nitrogen and oxygen atoms in total. The number of hydrogen-bond acceptors (Lipinski definition) is 5. The molecule has 0 fully saturated rings. The number of fused-ring (bicyclic) bond motifs is 1. The molecule has 1 aromatic carbocycles. The summed E-state index contributed by atoms with van der Waals surface area (Å²) in [6, 6.07) is 5.21. The Morgan fingerprint density at radius 3 is 2.67 bits per heavy atom. The third-order valence-electron chi connectivity index (χ3n) is 4.16. The van der Waals surface area contributed by atoms with Crippen LogP contribution in [0.4, 0.5) is 11.6 Å². The summed E-state index contributed by atoms with van der Waals surface area (Å²) in [4.78, 5) is 21.1. The second kappa shape index (κ2) is 6.72. The Labute approximate surface area is 149 Å². The van der Waals surface area contributed by atoms with Crippen LogP contribution in [0.2, 0.25) is 10.0 Å². The summed E-state index contributed by atoms with van der Waals surface area (Å²) >= 11 is 12.3. The number of nitrogens with zero attached hydrogens (tertiary/aromatic N) is 4. The average molecular weight is 369 g/mol. The van der Waals surface area contributed by atoms with Gasteiger partial charge in [0.1, 0.15) is 0 Å². The molecule has 2 heterocycles. The normalized spacial score (nSPS) is 14.8. The molecule has 0 amide bonds. The average Bonchev–Trinajstić information content (AvgIpc) is 2.53. The predicted octanol–water partition coefficient (Wildman–Crippen LogP) is 2.53. The van der Waals surface area contributed by atoms with Crippen molar-refractivity contribution in [2.45, 2.75) is 20.5 Å². The number of aromatic nitrogens is 2. The largest absolute Gasteiger partial charge is 0.395 e. The molecular weight excluding hydrogens is 351 g/mol. The van der Waals surface area contributed by atoms with Gasteiger partial charge >= 0.3 is 0 Å². The number of β-amino-alcohol motifs (C(OH)–C–C–N with tert-alkyl or cyclic N) is 1. The number of aliphatic hydroxyl groups excluding tert-OH is 1.